The lowest BCUT2D eigenvalue weighted by molar-refractivity contribution is 0.0168. The molecule has 7 heteroatoms. The van der Waals surface area contributed by atoms with E-state index in [1.165, 1.54) is 11.4 Å². The Morgan fingerprint density at radius 2 is 2.25 bits per heavy atom. The Morgan fingerprint density at radius 1 is 1.42 bits per heavy atom. The Bertz CT molecular complexity index is 487. The lowest BCUT2D eigenvalue weighted by Crippen LogP contribution is -2.38. The van der Waals surface area contributed by atoms with Crippen LogP contribution in [0.4, 0.5) is 0 Å². The Balaban J connectivity index is 1.44. The van der Waals surface area contributed by atoms with E-state index in [2.05, 4.69) is 26.0 Å². The zero-order chi connectivity index (χ0) is 17.0. The molecule has 0 aliphatic carbocycles. The Hall–Kier alpha value is -1.18. The summed E-state index contributed by atoms with van der Waals surface area (Å²) in [5.74, 6) is 0.851. The fraction of sp³-hybridized carbons (Fsp3) is 0.765. The van der Waals surface area contributed by atoms with Gasteiger partial charge in [0, 0.05) is 50.8 Å². The molecule has 24 heavy (non-hydrogen) atoms. The van der Waals surface area contributed by atoms with Gasteiger partial charge in [0.05, 0.1) is 17.7 Å². The summed E-state index contributed by atoms with van der Waals surface area (Å²) in [5.41, 5.74) is 1.11. The second kappa shape index (κ2) is 11.4. The molecule has 1 atom stereocenters. The van der Waals surface area contributed by atoms with Gasteiger partial charge in [-0.3, -0.25) is 4.99 Å². The quantitative estimate of drug-likeness (QED) is 0.383. The van der Waals surface area contributed by atoms with Crippen LogP contribution in [-0.4, -0.2) is 57.0 Å². The molecular formula is C17H30N4O2S. The van der Waals surface area contributed by atoms with Crippen LogP contribution in [-0.2, 0) is 15.9 Å². The summed E-state index contributed by atoms with van der Waals surface area (Å²) in [6.07, 6.45) is 5.65. The van der Waals surface area contributed by atoms with Crippen molar-refractivity contribution in [2.24, 2.45) is 4.99 Å². The topological polar surface area (TPSA) is 67.8 Å². The van der Waals surface area contributed by atoms with Crippen molar-refractivity contribution in [3.63, 3.8) is 0 Å². The maximum absolute atomic E-state index is 5.65. The number of guanidine groups is 1. The van der Waals surface area contributed by atoms with Crippen molar-refractivity contribution >= 4 is 17.3 Å². The highest BCUT2D eigenvalue weighted by atomic mass is 32.1. The van der Waals surface area contributed by atoms with E-state index in [9.17, 15) is 0 Å². The van der Waals surface area contributed by atoms with Crippen molar-refractivity contribution in [1.29, 1.82) is 0 Å². The van der Waals surface area contributed by atoms with Gasteiger partial charge in [0.25, 0.3) is 0 Å². The lowest BCUT2D eigenvalue weighted by Gasteiger charge is -2.12. The molecule has 1 unspecified atom stereocenters. The molecule has 0 aromatic carbocycles. The molecule has 2 rings (SSSR count). The predicted molar refractivity (Wildman–Crippen MR) is 98.9 cm³/mol. The highest BCUT2D eigenvalue weighted by Crippen LogP contribution is 2.12. The number of rotatable bonds is 10. The van der Waals surface area contributed by atoms with Crippen molar-refractivity contribution in [1.82, 2.24) is 15.6 Å². The molecule has 0 spiro atoms. The molecule has 2 heterocycles. The van der Waals surface area contributed by atoms with Gasteiger partial charge in [-0.1, -0.05) is 0 Å². The Kier molecular flexibility index (Phi) is 9.09. The van der Waals surface area contributed by atoms with Crippen molar-refractivity contribution < 1.29 is 9.47 Å². The molecule has 0 bridgehead atoms. The van der Waals surface area contributed by atoms with Crippen LogP contribution in [0.2, 0.25) is 0 Å². The Labute approximate surface area is 149 Å². The number of ether oxygens (including phenoxy) is 2. The van der Waals surface area contributed by atoms with Crippen molar-refractivity contribution in [2.45, 2.75) is 45.1 Å². The average molecular weight is 355 g/mol. The number of aryl methyl sites for hydroxylation is 2. The summed E-state index contributed by atoms with van der Waals surface area (Å²) in [6.45, 7) is 6.16. The van der Waals surface area contributed by atoms with Gasteiger partial charge in [0.1, 0.15) is 0 Å². The minimum atomic E-state index is 0.314. The average Bonchev–Trinajstić information content (AvgIpc) is 3.24. The monoisotopic (exact) mass is 354 g/mol. The van der Waals surface area contributed by atoms with Crippen LogP contribution in [0.25, 0.3) is 0 Å². The first-order valence-electron chi connectivity index (χ1n) is 8.83. The zero-order valence-corrected chi connectivity index (χ0v) is 15.7. The molecule has 136 valence electrons. The summed E-state index contributed by atoms with van der Waals surface area (Å²) in [7, 11) is 1.80. The molecule has 2 N–H and O–H groups in total. The fourth-order valence-electron chi connectivity index (χ4n) is 2.56. The van der Waals surface area contributed by atoms with Gasteiger partial charge in [-0.15, -0.1) is 11.3 Å². The fourth-order valence-corrected chi connectivity index (χ4v) is 3.37. The number of hydrogen-bond donors (Lipinski definition) is 2. The number of nitrogens with zero attached hydrogens (tertiary/aromatic N) is 2. The maximum Gasteiger partial charge on any atom is 0.190 e. The first-order chi connectivity index (χ1) is 11.8. The largest absolute Gasteiger partial charge is 0.379 e. The summed E-state index contributed by atoms with van der Waals surface area (Å²) in [5, 5.41) is 9.96. The third-order valence-corrected chi connectivity index (χ3v) is 4.86. The number of aromatic nitrogens is 1. The van der Waals surface area contributed by atoms with E-state index in [1.54, 1.807) is 18.4 Å². The van der Waals surface area contributed by atoms with E-state index in [1.807, 2.05) is 6.92 Å². The second-order valence-corrected chi connectivity index (χ2v) is 6.92. The minimum Gasteiger partial charge on any atom is -0.379 e. The number of hydrogen-bond acceptors (Lipinski definition) is 5. The molecular weight excluding hydrogens is 324 g/mol. The predicted octanol–water partition coefficient (Wildman–Crippen LogP) is 2.13. The molecule has 1 aromatic heterocycles. The second-order valence-electron chi connectivity index (χ2n) is 5.98. The smallest absolute Gasteiger partial charge is 0.190 e. The van der Waals surface area contributed by atoms with Gasteiger partial charge in [0.15, 0.2) is 5.96 Å². The summed E-state index contributed by atoms with van der Waals surface area (Å²) in [6, 6.07) is 0. The normalized spacial score (nSPS) is 18.1. The van der Waals surface area contributed by atoms with E-state index in [4.69, 9.17) is 9.47 Å². The van der Waals surface area contributed by atoms with Crippen LogP contribution >= 0.6 is 11.3 Å². The molecule has 1 saturated heterocycles. The minimum absolute atomic E-state index is 0.314. The summed E-state index contributed by atoms with van der Waals surface area (Å²) < 4.78 is 11.2. The first kappa shape index (κ1) is 19.1. The van der Waals surface area contributed by atoms with Crippen molar-refractivity contribution in [2.75, 3.05) is 40.0 Å². The van der Waals surface area contributed by atoms with Gasteiger partial charge in [-0.05, 0) is 32.6 Å². The van der Waals surface area contributed by atoms with Crippen LogP contribution in [0, 0.1) is 6.92 Å². The first-order valence-corrected chi connectivity index (χ1v) is 9.71. The molecule has 1 aromatic rings. The maximum atomic E-state index is 5.65. The molecule has 1 aliphatic rings. The van der Waals surface area contributed by atoms with Crippen molar-refractivity contribution in [3.05, 3.63) is 16.1 Å². The van der Waals surface area contributed by atoms with E-state index in [-0.39, 0.29) is 0 Å². The van der Waals surface area contributed by atoms with Crippen LogP contribution < -0.4 is 10.6 Å². The molecule has 1 fully saturated rings. The third-order valence-electron chi connectivity index (χ3n) is 3.84. The van der Waals surface area contributed by atoms with Crippen LogP contribution in [0.3, 0.4) is 0 Å². The highest BCUT2D eigenvalue weighted by Gasteiger charge is 2.14. The van der Waals surface area contributed by atoms with Gasteiger partial charge >= 0.3 is 0 Å². The Morgan fingerprint density at radius 3 is 2.92 bits per heavy atom. The van der Waals surface area contributed by atoms with Crippen LogP contribution in [0.1, 0.15) is 36.4 Å². The molecule has 6 nitrogen and oxygen atoms in total. The number of thiazole rings is 1. The van der Waals surface area contributed by atoms with Gasteiger partial charge < -0.3 is 20.1 Å². The number of aliphatic imine (C=N–C) groups is 1. The van der Waals surface area contributed by atoms with Crippen molar-refractivity contribution in [3.8, 4) is 0 Å². The third kappa shape index (κ3) is 7.59. The molecule has 0 radical (unpaired) electrons. The highest BCUT2D eigenvalue weighted by molar-refractivity contribution is 7.09. The van der Waals surface area contributed by atoms with Gasteiger partial charge in [0.2, 0.25) is 0 Å². The van der Waals surface area contributed by atoms with E-state index in [0.29, 0.717) is 6.10 Å². The zero-order valence-electron chi connectivity index (χ0n) is 14.8. The van der Waals surface area contributed by atoms with E-state index in [0.717, 1.165) is 70.2 Å². The van der Waals surface area contributed by atoms with Crippen LogP contribution in [0.5, 0.6) is 0 Å². The molecule has 0 saturated carbocycles. The van der Waals surface area contributed by atoms with E-state index < -0.39 is 0 Å². The summed E-state index contributed by atoms with van der Waals surface area (Å²) >= 11 is 1.74. The van der Waals surface area contributed by atoms with E-state index >= 15 is 0 Å². The lowest BCUT2D eigenvalue weighted by atomic mass is 10.2. The number of nitrogens with one attached hydrogen (secondary N) is 2. The summed E-state index contributed by atoms with van der Waals surface area (Å²) in [4.78, 5) is 8.71. The standard InChI is InChI=1S/C17H30N4O2S/c1-14-13-24-16(21-14)7-3-8-19-17(18-2)20-9-5-10-22-12-15-6-4-11-23-15/h13,15H,3-12H2,1-2H3,(H2,18,19,20). The molecule has 0 amide bonds. The van der Waals surface area contributed by atoms with Gasteiger partial charge in [-0.2, -0.15) is 0 Å². The van der Waals surface area contributed by atoms with Gasteiger partial charge in [-0.25, -0.2) is 4.98 Å². The van der Waals surface area contributed by atoms with Crippen LogP contribution in [0.15, 0.2) is 10.4 Å². The molecule has 1 aliphatic heterocycles. The SMILES string of the molecule is CN=C(NCCCOCC1CCCO1)NCCCc1nc(C)cs1.